The molecule has 0 bridgehead atoms. The Bertz CT molecular complexity index is 954. The van der Waals surface area contributed by atoms with Gasteiger partial charge in [0.05, 0.1) is 16.1 Å². The lowest BCUT2D eigenvalue weighted by molar-refractivity contribution is 0.0618. The van der Waals surface area contributed by atoms with Gasteiger partial charge in [-0.2, -0.15) is 0 Å². The van der Waals surface area contributed by atoms with Gasteiger partial charge in [-0.15, -0.1) is 0 Å². The molecule has 0 unspecified atom stereocenters. The zero-order chi connectivity index (χ0) is 22.5. The Morgan fingerprint density at radius 3 is 2.56 bits per heavy atom. The lowest BCUT2D eigenvalue weighted by Crippen LogP contribution is -2.52. The molecule has 2 atom stereocenters. The van der Waals surface area contributed by atoms with Crippen LogP contribution >= 0.6 is 23.2 Å². The molecule has 0 aliphatic carbocycles. The smallest absolute Gasteiger partial charge is 0.411 e. The van der Waals surface area contributed by atoms with E-state index in [0.29, 0.717) is 22.3 Å². The van der Waals surface area contributed by atoms with E-state index in [1.54, 1.807) is 12.1 Å². The number of ether oxygens (including phenoxy) is 2. The normalized spacial score (nSPS) is 21.1. The van der Waals surface area contributed by atoms with Crippen molar-refractivity contribution in [2.75, 3.05) is 49.5 Å². The third-order valence-electron chi connectivity index (χ3n) is 5.50. The molecular formula is C22H24Cl2N4O4. The molecule has 0 radical (unpaired) electrons. The fourth-order valence-electron chi connectivity index (χ4n) is 3.80. The number of nitrogens with zero attached hydrogens (tertiary/aromatic N) is 2. The van der Waals surface area contributed by atoms with Crippen LogP contribution in [0.2, 0.25) is 10.0 Å². The molecule has 170 valence electrons. The topological polar surface area (TPSA) is 83.1 Å². The molecule has 0 spiro atoms. The van der Waals surface area contributed by atoms with E-state index in [2.05, 4.69) is 32.6 Å². The van der Waals surface area contributed by atoms with Crippen LogP contribution in [-0.4, -0.2) is 68.6 Å². The Morgan fingerprint density at radius 1 is 1.09 bits per heavy atom. The van der Waals surface area contributed by atoms with Gasteiger partial charge in [-0.3, -0.25) is 10.2 Å². The lowest BCUT2D eigenvalue weighted by Gasteiger charge is -2.37. The lowest BCUT2D eigenvalue weighted by atomic mass is 10.1. The molecule has 2 aromatic carbocycles. The average molecular weight is 479 g/mol. The molecule has 32 heavy (non-hydrogen) atoms. The van der Waals surface area contributed by atoms with Crippen molar-refractivity contribution in [3.05, 3.63) is 58.6 Å². The van der Waals surface area contributed by atoms with Crippen molar-refractivity contribution in [2.45, 2.75) is 12.1 Å². The number of rotatable bonds is 6. The molecule has 2 fully saturated rings. The number of piperazine rings is 1. The summed E-state index contributed by atoms with van der Waals surface area (Å²) in [6.45, 7) is 4.11. The van der Waals surface area contributed by atoms with Crippen LogP contribution < -0.4 is 15.5 Å². The van der Waals surface area contributed by atoms with Gasteiger partial charge < -0.3 is 19.7 Å². The van der Waals surface area contributed by atoms with Crippen LogP contribution in [-0.2, 0) is 9.47 Å². The highest BCUT2D eigenvalue weighted by Gasteiger charge is 2.36. The van der Waals surface area contributed by atoms with Crippen LogP contribution in [0.1, 0.15) is 0 Å². The van der Waals surface area contributed by atoms with E-state index in [-0.39, 0.29) is 12.6 Å². The highest BCUT2D eigenvalue weighted by atomic mass is 35.5. The van der Waals surface area contributed by atoms with E-state index >= 15 is 0 Å². The fourth-order valence-corrected chi connectivity index (χ4v) is 4.10. The van der Waals surface area contributed by atoms with Gasteiger partial charge in [-0.05, 0) is 30.3 Å². The molecule has 0 saturated carbocycles. The SMILES string of the molecule is O=C(Nc1ccc(Cl)c(Cl)c1)OC[C@H]1OC(=O)N[C@@H]1CN1CCN(c2ccccc2)CC1. The quantitative estimate of drug-likeness (QED) is 0.655. The van der Waals surface area contributed by atoms with Gasteiger partial charge >= 0.3 is 12.2 Å². The molecule has 10 heteroatoms. The van der Waals surface area contributed by atoms with E-state index < -0.39 is 18.3 Å². The molecule has 2 amide bonds. The summed E-state index contributed by atoms with van der Waals surface area (Å²) in [5.74, 6) is 0. The van der Waals surface area contributed by atoms with E-state index in [4.69, 9.17) is 32.7 Å². The molecule has 0 aromatic heterocycles. The second-order valence-electron chi connectivity index (χ2n) is 7.67. The largest absolute Gasteiger partial charge is 0.445 e. The molecule has 2 aromatic rings. The predicted octanol–water partition coefficient (Wildman–Crippen LogP) is 3.84. The van der Waals surface area contributed by atoms with Crippen molar-refractivity contribution < 1.29 is 19.1 Å². The number of carbonyl (C=O) groups excluding carboxylic acids is 2. The average Bonchev–Trinajstić information content (AvgIpc) is 3.15. The summed E-state index contributed by atoms with van der Waals surface area (Å²) in [6.07, 6.45) is -1.73. The van der Waals surface area contributed by atoms with Crippen molar-refractivity contribution in [3.8, 4) is 0 Å². The summed E-state index contributed by atoms with van der Waals surface area (Å²) in [6, 6.07) is 14.8. The maximum atomic E-state index is 12.1. The molecule has 2 aliphatic rings. The van der Waals surface area contributed by atoms with Crippen LogP contribution in [0.15, 0.2) is 48.5 Å². The zero-order valence-corrected chi connectivity index (χ0v) is 18.8. The van der Waals surface area contributed by atoms with Crippen LogP contribution in [0.3, 0.4) is 0 Å². The Balaban J connectivity index is 1.25. The number of hydrogen-bond donors (Lipinski definition) is 2. The predicted molar refractivity (Wildman–Crippen MR) is 124 cm³/mol. The van der Waals surface area contributed by atoms with Crippen LogP contribution in [0.4, 0.5) is 21.0 Å². The van der Waals surface area contributed by atoms with Crippen molar-refractivity contribution in [1.82, 2.24) is 10.2 Å². The minimum Gasteiger partial charge on any atom is -0.445 e. The summed E-state index contributed by atoms with van der Waals surface area (Å²) in [5, 5.41) is 6.12. The second kappa shape index (κ2) is 10.3. The van der Waals surface area contributed by atoms with Gasteiger partial charge in [0.2, 0.25) is 0 Å². The van der Waals surface area contributed by atoms with Crippen molar-refractivity contribution in [2.24, 2.45) is 0 Å². The number of benzene rings is 2. The number of nitrogens with one attached hydrogen (secondary N) is 2. The number of para-hydroxylation sites is 1. The Kier molecular flexibility index (Phi) is 7.24. The number of carbonyl (C=O) groups is 2. The van der Waals surface area contributed by atoms with Gasteiger partial charge in [0.25, 0.3) is 0 Å². The summed E-state index contributed by atoms with van der Waals surface area (Å²) in [5.41, 5.74) is 1.67. The van der Waals surface area contributed by atoms with Crippen molar-refractivity contribution >= 4 is 46.8 Å². The maximum Gasteiger partial charge on any atom is 0.411 e. The third-order valence-corrected chi connectivity index (χ3v) is 6.24. The third kappa shape index (κ3) is 5.76. The first-order valence-electron chi connectivity index (χ1n) is 10.4. The first-order valence-corrected chi connectivity index (χ1v) is 11.1. The summed E-state index contributed by atoms with van der Waals surface area (Å²) >= 11 is 11.8. The number of halogens is 2. The monoisotopic (exact) mass is 478 g/mol. The standard InChI is InChI=1S/C22H24Cl2N4O4/c23-17-7-6-15(12-18(17)24)25-21(29)31-14-20-19(26-22(30)32-20)13-27-8-10-28(11-9-27)16-4-2-1-3-5-16/h1-7,12,19-20H,8-11,13-14H2,(H,25,29)(H,26,30)/t19-,20-/m1/s1. The number of anilines is 2. The Labute approximate surface area is 196 Å². The maximum absolute atomic E-state index is 12.1. The number of hydrogen-bond acceptors (Lipinski definition) is 6. The van der Waals surface area contributed by atoms with E-state index in [1.807, 2.05) is 18.2 Å². The first kappa shape index (κ1) is 22.5. The molecule has 2 saturated heterocycles. The highest BCUT2D eigenvalue weighted by molar-refractivity contribution is 6.42. The summed E-state index contributed by atoms with van der Waals surface area (Å²) in [7, 11) is 0. The van der Waals surface area contributed by atoms with Gasteiger partial charge in [-0.1, -0.05) is 41.4 Å². The highest BCUT2D eigenvalue weighted by Crippen LogP contribution is 2.25. The number of cyclic esters (lactones) is 1. The van der Waals surface area contributed by atoms with Crippen molar-refractivity contribution in [3.63, 3.8) is 0 Å². The number of amides is 2. The summed E-state index contributed by atoms with van der Waals surface area (Å²) in [4.78, 5) is 28.6. The minimum atomic E-state index is -0.665. The van der Waals surface area contributed by atoms with Crippen molar-refractivity contribution in [1.29, 1.82) is 0 Å². The van der Waals surface area contributed by atoms with E-state index in [1.165, 1.54) is 11.8 Å². The van der Waals surface area contributed by atoms with Gasteiger partial charge in [0.15, 0.2) is 6.10 Å². The van der Waals surface area contributed by atoms with Gasteiger partial charge in [-0.25, -0.2) is 9.59 Å². The molecule has 2 heterocycles. The zero-order valence-electron chi connectivity index (χ0n) is 17.3. The Morgan fingerprint density at radius 2 is 1.84 bits per heavy atom. The molecular weight excluding hydrogens is 455 g/mol. The Hall–Kier alpha value is -2.68. The van der Waals surface area contributed by atoms with Crippen LogP contribution in [0.25, 0.3) is 0 Å². The van der Waals surface area contributed by atoms with Crippen LogP contribution in [0, 0.1) is 0 Å². The van der Waals surface area contributed by atoms with Crippen LogP contribution in [0.5, 0.6) is 0 Å². The fraction of sp³-hybridized carbons (Fsp3) is 0.364. The first-order chi connectivity index (χ1) is 15.5. The minimum absolute atomic E-state index is 0.0550. The van der Waals surface area contributed by atoms with E-state index in [9.17, 15) is 9.59 Å². The second-order valence-corrected chi connectivity index (χ2v) is 8.48. The van der Waals surface area contributed by atoms with Gasteiger partial charge in [0, 0.05) is 44.1 Å². The van der Waals surface area contributed by atoms with Gasteiger partial charge in [0.1, 0.15) is 6.61 Å². The molecule has 2 N–H and O–H groups in total. The molecule has 2 aliphatic heterocycles. The van der Waals surface area contributed by atoms with E-state index in [0.717, 1.165) is 26.2 Å². The summed E-state index contributed by atoms with van der Waals surface area (Å²) < 4.78 is 10.6. The molecule has 4 rings (SSSR count). The number of alkyl carbamates (subject to hydrolysis) is 1. The molecule has 8 nitrogen and oxygen atoms in total.